The zero-order valence-electron chi connectivity index (χ0n) is 10.2. The number of thioether (sulfide) groups is 1. The number of methoxy groups -OCH3 is 1. The fourth-order valence-electron chi connectivity index (χ4n) is 1.26. The maximum atomic E-state index is 11.4. The molecular weight excluding hydrogens is 210 g/mol. The smallest absolute Gasteiger partial charge is 0.322 e. The van der Waals surface area contributed by atoms with Gasteiger partial charge in [0.1, 0.15) is 6.04 Å². The first-order chi connectivity index (χ1) is 7.11. The Hall–Kier alpha value is -0.220. The van der Waals surface area contributed by atoms with Crippen molar-refractivity contribution in [3.8, 4) is 0 Å². The second-order valence-corrected chi connectivity index (χ2v) is 5.02. The van der Waals surface area contributed by atoms with Crippen molar-refractivity contribution < 1.29 is 9.53 Å². The maximum absolute atomic E-state index is 11.4. The van der Waals surface area contributed by atoms with Gasteiger partial charge in [-0.1, -0.05) is 20.8 Å². The molecule has 0 aliphatic rings. The van der Waals surface area contributed by atoms with Gasteiger partial charge < -0.3 is 10.1 Å². The van der Waals surface area contributed by atoms with E-state index in [1.54, 1.807) is 0 Å². The third kappa shape index (κ3) is 7.68. The zero-order valence-corrected chi connectivity index (χ0v) is 11.0. The SMILES string of the molecule is CCCSCCC(NC(C)C)C(=O)OC. The molecule has 0 aliphatic carbocycles. The molecule has 0 fully saturated rings. The molecule has 0 heterocycles. The first kappa shape index (κ1) is 14.8. The van der Waals surface area contributed by atoms with Crippen LogP contribution >= 0.6 is 11.8 Å². The lowest BCUT2D eigenvalue weighted by molar-refractivity contribution is -0.143. The molecule has 0 saturated carbocycles. The molecular formula is C11H23NO2S. The van der Waals surface area contributed by atoms with Gasteiger partial charge in [0.05, 0.1) is 7.11 Å². The van der Waals surface area contributed by atoms with E-state index in [0.717, 1.165) is 17.9 Å². The van der Waals surface area contributed by atoms with E-state index >= 15 is 0 Å². The number of hydrogen-bond acceptors (Lipinski definition) is 4. The van der Waals surface area contributed by atoms with E-state index in [9.17, 15) is 4.79 Å². The summed E-state index contributed by atoms with van der Waals surface area (Å²) >= 11 is 1.89. The Balaban J connectivity index is 3.85. The Labute approximate surface area is 97.3 Å². The Morgan fingerprint density at radius 3 is 2.53 bits per heavy atom. The van der Waals surface area contributed by atoms with Crippen molar-refractivity contribution in [3.05, 3.63) is 0 Å². The molecule has 0 bridgehead atoms. The van der Waals surface area contributed by atoms with Crippen molar-refractivity contribution in [2.45, 2.75) is 45.7 Å². The summed E-state index contributed by atoms with van der Waals surface area (Å²) in [4.78, 5) is 11.4. The standard InChI is InChI=1S/C11H23NO2S/c1-5-7-15-8-6-10(11(13)14-4)12-9(2)3/h9-10,12H,5-8H2,1-4H3. The van der Waals surface area contributed by atoms with Gasteiger partial charge in [0.15, 0.2) is 0 Å². The molecule has 1 N–H and O–H groups in total. The van der Waals surface area contributed by atoms with Crippen molar-refractivity contribution in [2.75, 3.05) is 18.6 Å². The lowest BCUT2D eigenvalue weighted by atomic mass is 10.2. The van der Waals surface area contributed by atoms with E-state index < -0.39 is 0 Å². The highest BCUT2D eigenvalue weighted by molar-refractivity contribution is 7.99. The average molecular weight is 233 g/mol. The van der Waals surface area contributed by atoms with Gasteiger partial charge in [0, 0.05) is 6.04 Å². The van der Waals surface area contributed by atoms with Crippen LogP contribution in [0.25, 0.3) is 0 Å². The van der Waals surface area contributed by atoms with Crippen LogP contribution in [0, 0.1) is 0 Å². The number of rotatable bonds is 8. The van der Waals surface area contributed by atoms with Crippen LogP contribution in [0.4, 0.5) is 0 Å². The molecule has 0 amide bonds. The van der Waals surface area contributed by atoms with E-state index in [1.165, 1.54) is 13.5 Å². The summed E-state index contributed by atoms with van der Waals surface area (Å²) < 4.78 is 4.76. The van der Waals surface area contributed by atoms with E-state index in [2.05, 4.69) is 12.2 Å². The van der Waals surface area contributed by atoms with Crippen LogP contribution < -0.4 is 5.32 Å². The number of carbonyl (C=O) groups excluding carboxylic acids is 1. The van der Waals surface area contributed by atoms with Crippen molar-refractivity contribution >= 4 is 17.7 Å². The molecule has 1 unspecified atom stereocenters. The topological polar surface area (TPSA) is 38.3 Å². The van der Waals surface area contributed by atoms with Crippen molar-refractivity contribution in [1.82, 2.24) is 5.32 Å². The first-order valence-electron chi connectivity index (χ1n) is 5.53. The van der Waals surface area contributed by atoms with Crippen LogP contribution in [-0.4, -0.2) is 36.7 Å². The summed E-state index contributed by atoms with van der Waals surface area (Å²) in [6.45, 7) is 6.24. The van der Waals surface area contributed by atoms with E-state index in [4.69, 9.17) is 4.74 Å². The molecule has 0 aliphatic heterocycles. The van der Waals surface area contributed by atoms with Gasteiger partial charge in [0.2, 0.25) is 0 Å². The molecule has 0 aromatic rings. The van der Waals surface area contributed by atoms with Crippen LogP contribution in [0.15, 0.2) is 0 Å². The van der Waals surface area contributed by atoms with E-state index in [-0.39, 0.29) is 12.0 Å². The summed E-state index contributed by atoms with van der Waals surface area (Å²) in [5.41, 5.74) is 0. The predicted octanol–water partition coefficient (Wildman–Crippen LogP) is 2.06. The van der Waals surface area contributed by atoms with Gasteiger partial charge in [-0.3, -0.25) is 4.79 Å². The molecule has 15 heavy (non-hydrogen) atoms. The molecule has 0 spiro atoms. The Morgan fingerprint density at radius 2 is 2.07 bits per heavy atom. The Kier molecular flexibility index (Phi) is 8.91. The van der Waals surface area contributed by atoms with E-state index in [1.807, 2.05) is 25.6 Å². The molecule has 0 saturated heterocycles. The molecule has 90 valence electrons. The summed E-state index contributed by atoms with van der Waals surface area (Å²) in [5, 5.41) is 3.22. The fourth-order valence-corrected chi connectivity index (χ4v) is 2.16. The van der Waals surface area contributed by atoms with Crippen LogP contribution in [0.3, 0.4) is 0 Å². The van der Waals surface area contributed by atoms with Gasteiger partial charge in [-0.2, -0.15) is 11.8 Å². The highest BCUT2D eigenvalue weighted by Crippen LogP contribution is 2.07. The molecule has 1 atom stereocenters. The van der Waals surface area contributed by atoms with Crippen LogP contribution in [-0.2, 0) is 9.53 Å². The van der Waals surface area contributed by atoms with Crippen molar-refractivity contribution in [3.63, 3.8) is 0 Å². The molecule has 0 rings (SSSR count). The van der Waals surface area contributed by atoms with Crippen LogP contribution in [0.2, 0.25) is 0 Å². The van der Waals surface area contributed by atoms with Gasteiger partial charge in [0.25, 0.3) is 0 Å². The molecule has 0 radical (unpaired) electrons. The number of carbonyl (C=O) groups is 1. The van der Waals surface area contributed by atoms with Gasteiger partial charge in [-0.15, -0.1) is 0 Å². The normalized spacial score (nSPS) is 12.9. The number of nitrogens with one attached hydrogen (secondary N) is 1. The third-order valence-electron chi connectivity index (χ3n) is 1.92. The monoisotopic (exact) mass is 233 g/mol. The molecule has 0 aromatic heterocycles. The highest BCUT2D eigenvalue weighted by Gasteiger charge is 2.18. The largest absolute Gasteiger partial charge is 0.468 e. The number of ether oxygens (including phenoxy) is 1. The summed E-state index contributed by atoms with van der Waals surface area (Å²) in [6, 6.07) is 0.157. The second kappa shape index (κ2) is 9.04. The maximum Gasteiger partial charge on any atom is 0.322 e. The lowest BCUT2D eigenvalue weighted by Crippen LogP contribution is -2.41. The summed E-state index contributed by atoms with van der Waals surface area (Å²) in [6.07, 6.45) is 2.03. The third-order valence-corrected chi connectivity index (χ3v) is 3.14. The fraction of sp³-hybridized carbons (Fsp3) is 0.909. The minimum Gasteiger partial charge on any atom is -0.468 e. The number of hydrogen-bond donors (Lipinski definition) is 1. The summed E-state index contributed by atoms with van der Waals surface area (Å²) in [7, 11) is 1.44. The summed E-state index contributed by atoms with van der Waals surface area (Å²) in [5.74, 6) is 2.02. The van der Waals surface area contributed by atoms with E-state index in [0.29, 0.717) is 6.04 Å². The van der Waals surface area contributed by atoms with Gasteiger partial charge in [-0.05, 0) is 24.3 Å². The minimum atomic E-state index is -0.153. The van der Waals surface area contributed by atoms with Crippen LogP contribution in [0.1, 0.15) is 33.6 Å². The first-order valence-corrected chi connectivity index (χ1v) is 6.68. The highest BCUT2D eigenvalue weighted by atomic mass is 32.2. The van der Waals surface area contributed by atoms with Crippen LogP contribution in [0.5, 0.6) is 0 Å². The van der Waals surface area contributed by atoms with Gasteiger partial charge >= 0.3 is 5.97 Å². The minimum absolute atomic E-state index is 0.152. The van der Waals surface area contributed by atoms with Crippen molar-refractivity contribution in [1.29, 1.82) is 0 Å². The lowest BCUT2D eigenvalue weighted by Gasteiger charge is -2.18. The quantitative estimate of drug-likeness (QED) is 0.514. The average Bonchev–Trinajstić information content (AvgIpc) is 2.21. The predicted molar refractivity (Wildman–Crippen MR) is 66.3 cm³/mol. The Morgan fingerprint density at radius 1 is 1.40 bits per heavy atom. The number of esters is 1. The molecule has 4 heteroatoms. The molecule has 0 aromatic carbocycles. The van der Waals surface area contributed by atoms with Gasteiger partial charge in [-0.25, -0.2) is 0 Å². The molecule has 3 nitrogen and oxygen atoms in total. The zero-order chi connectivity index (χ0) is 11.7. The van der Waals surface area contributed by atoms with Crippen molar-refractivity contribution in [2.24, 2.45) is 0 Å². The second-order valence-electron chi connectivity index (χ2n) is 3.80. The Bertz CT molecular complexity index is 174.